The van der Waals surface area contributed by atoms with Gasteiger partial charge in [0, 0.05) is 12.6 Å². The Kier molecular flexibility index (Phi) is 3.28. The molecule has 3 heteroatoms. The Labute approximate surface area is 78.4 Å². The summed E-state index contributed by atoms with van der Waals surface area (Å²) in [6.07, 6.45) is 0.774. The highest BCUT2D eigenvalue weighted by Gasteiger charge is 2.10. The summed E-state index contributed by atoms with van der Waals surface area (Å²) in [5.41, 5.74) is 13.1. The lowest BCUT2D eigenvalue weighted by atomic mass is 9.98. The van der Waals surface area contributed by atoms with Gasteiger partial charge in [-0.3, -0.25) is 0 Å². The van der Waals surface area contributed by atoms with Crippen molar-refractivity contribution in [2.75, 3.05) is 6.54 Å². The van der Waals surface area contributed by atoms with Gasteiger partial charge in [0.2, 0.25) is 0 Å². The van der Waals surface area contributed by atoms with Gasteiger partial charge in [-0.25, -0.2) is 0 Å². The molecule has 1 aromatic rings. The average molecular weight is 180 g/mol. The molecular formula is C10H16N2O. The lowest BCUT2D eigenvalue weighted by Gasteiger charge is -2.14. The molecule has 1 rings (SSSR count). The predicted octanol–water partition coefficient (Wildman–Crippen LogP) is 0.913. The van der Waals surface area contributed by atoms with Crippen molar-refractivity contribution >= 4 is 0 Å². The molecule has 13 heavy (non-hydrogen) atoms. The monoisotopic (exact) mass is 180 g/mol. The van der Waals surface area contributed by atoms with Crippen molar-refractivity contribution in [3.05, 3.63) is 29.3 Å². The first kappa shape index (κ1) is 10.0. The highest BCUT2D eigenvalue weighted by molar-refractivity contribution is 5.40. The number of aromatic hydroxyl groups is 1. The standard InChI is InChI=1S/C10H16N2O/c1-2-7-8(9(12)6-11)4-3-5-10(7)13/h3-5,9,13H,2,6,11-12H2,1H3. The fraction of sp³-hybridized carbons (Fsp3) is 0.400. The number of hydrogen-bond donors (Lipinski definition) is 3. The zero-order valence-corrected chi connectivity index (χ0v) is 7.83. The zero-order chi connectivity index (χ0) is 9.84. The van der Waals surface area contributed by atoms with Gasteiger partial charge < -0.3 is 16.6 Å². The van der Waals surface area contributed by atoms with Crippen LogP contribution in [-0.2, 0) is 6.42 Å². The first-order chi connectivity index (χ1) is 6.20. The minimum Gasteiger partial charge on any atom is -0.508 e. The molecule has 0 saturated carbocycles. The van der Waals surface area contributed by atoms with E-state index in [1.54, 1.807) is 12.1 Å². The van der Waals surface area contributed by atoms with Crippen molar-refractivity contribution in [2.24, 2.45) is 11.5 Å². The summed E-state index contributed by atoms with van der Waals surface area (Å²) in [5, 5.41) is 9.54. The highest BCUT2D eigenvalue weighted by Crippen LogP contribution is 2.24. The summed E-state index contributed by atoms with van der Waals surface area (Å²) in [4.78, 5) is 0. The Morgan fingerprint density at radius 3 is 2.69 bits per heavy atom. The predicted molar refractivity (Wildman–Crippen MR) is 53.5 cm³/mol. The maximum atomic E-state index is 9.54. The van der Waals surface area contributed by atoms with Gasteiger partial charge in [0.1, 0.15) is 5.75 Å². The molecule has 1 unspecified atom stereocenters. The Morgan fingerprint density at radius 2 is 2.15 bits per heavy atom. The van der Waals surface area contributed by atoms with Crippen LogP contribution >= 0.6 is 0 Å². The second kappa shape index (κ2) is 4.25. The van der Waals surface area contributed by atoms with E-state index in [0.29, 0.717) is 12.3 Å². The van der Waals surface area contributed by atoms with E-state index in [1.807, 2.05) is 13.0 Å². The fourth-order valence-corrected chi connectivity index (χ4v) is 1.45. The summed E-state index contributed by atoms with van der Waals surface area (Å²) < 4.78 is 0. The van der Waals surface area contributed by atoms with E-state index in [0.717, 1.165) is 17.5 Å². The molecule has 0 amide bonds. The molecule has 5 N–H and O–H groups in total. The van der Waals surface area contributed by atoms with Crippen LogP contribution in [-0.4, -0.2) is 11.7 Å². The van der Waals surface area contributed by atoms with Gasteiger partial charge in [-0.05, 0) is 23.6 Å². The van der Waals surface area contributed by atoms with Crippen molar-refractivity contribution < 1.29 is 5.11 Å². The number of hydrogen-bond acceptors (Lipinski definition) is 3. The van der Waals surface area contributed by atoms with Crippen molar-refractivity contribution in [1.82, 2.24) is 0 Å². The second-order valence-electron chi connectivity index (χ2n) is 3.04. The molecule has 0 spiro atoms. The Bertz CT molecular complexity index is 286. The van der Waals surface area contributed by atoms with E-state index in [1.165, 1.54) is 0 Å². The maximum absolute atomic E-state index is 9.54. The fourth-order valence-electron chi connectivity index (χ4n) is 1.45. The van der Waals surface area contributed by atoms with E-state index in [-0.39, 0.29) is 6.04 Å². The zero-order valence-electron chi connectivity index (χ0n) is 7.83. The van der Waals surface area contributed by atoms with Crippen molar-refractivity contribution in [1.29, 1.82) is 0 Å². The molecule has 0 aliphatic carbocycles. The number of rotatable bonds is 3. The maximum Gasteiger partial charge on any atom is 0.119 e. The van der Waals surface area contributed by atoms with E-state index < -0.39 is 0 Å². The summed E-state index contributed by atoms with van der Waals surface area (Å²) in [6.45, 7) is 2.39. The topological polar surface area (TPSA) is 72.3 Å². The highest BCUT2D eigenvalue weighted by atomic mass is 16.3. The van der Waals surface area contributed by atoms with Gasteiger partial charge in [-0.2, -0.15) is 0 Å². The number of benzene rings is 1. The molecule has 0 aliphatic heterocycles. The third kappa shape index (κ3) is 1.99. The van der Waals surface area contributed by atoms with Crippen molar-refractivity contribution in [3.8, 4) is 5.75 Å². The molecule has 0 aromatic heterocycles. The van der Waals surface area contributed by atoms with E-state index >= 15 is 0 Å². The molecule has 0 radical (unpaired) electrons. The third-order valence-electron chi connectivity index (χ3n) is 2.19. The van der Waals surface area contributed by atoms with Crippen LogP contribution < -0.4 is 11.5 Å². The Hall–Kier alpha value is -1.06. The molecule has 0 fully saturated rings. The number of nitrogens with two attached hydrogens (primary N) is 2. The first-order valence-electron chi connectivity index (χ1n) is 4.47. The minimum atomic E-state index is -0.179. The largest absolute Gasteiger partial charge is 0.508 e. The summed E-state index contributed by atoms with van der Waals surface area (Å²) in [6, 6.07) is 5.20. The summed E-state index contributed by atoms with van der Waals surface area (Å²) in [5.74, 6) is 0.309. The van der Waals surface area contributed by atoms with Gasteiger partial charge in [0.25, 0.3) is 0 Å². The lowest BCUT2D eigenvalue weighted by molar-refractivity contribution is 0.466. The molecular weight excluding hydrogens is 164 g/mol. The molecule has 0 saturated heterocycles. The quantitative estimate of drug-likeness (QED) is 0.647. The van der Waals surface area contributed by atoms with E-state index in [9.17, 15) is 5.11 Å². The molecule has 1 aromatic carbocycles. The first-order valence-corrected chi connectivity index (χ1v) is 4.47. The van der Waals surface area contributed by atoms with E-state index in [2.05, 4.69) is 0 Å². The van der Waals surface area contributed by atoms with Gasteiger partial charge in [-0.15, -0.1) is 0 Å². The van der Waals surface area contributed by atoms with Crippen molar-refractivity contribution in [3.63, 3.8) is 0 Å². The van der Waals surface area contributed by atoms with Crippen LogP contribution in [0.3, 0.4) is 0 Å². The lowest BCUT2D eigenvalue weighted by Crippen LogP contribution is -2.21. The molecule has 0 aliphatic rings. The Morgan fingerprint density at radius 1 is 1.46 bits per heavy atom. The van der Waals surface area contributed by atoms with Gasteiger partial charge >= 0.3 is 0 Å². The third-order valence-corrected chi connectivity index (χ3v) is 2.19. The molecule has 3 nitrogen and oxygen atoms in total. The van der Waals surface area contributed by atoms with Crippen LogP contribution in [0.15, 0.2) is 18.2 Å². The minimum absolute atomic E-state index is 0.179. The molecule has 0 heterocycles. The summed E-state index contributed by atoms with van der Waals surface area (Å²) in [7, 11) is 0. The van der Waals surface area contributed by atoms with Crippen LogP contribution in [0.1, 0.15) is 24.1 Å². The van der Waals surface area contributed by atoms with Crippen LogP contribution in [0, 0.1) is 0 Å². The molecule has 0 bridgehead atoms. The second-order valence-corrected chi connectivity index (χ2v) is 3.04. The summed E-state index contributed by atoms with van der Waals surface area (Å²) >= 11 is 0. The van der Waals surface area contributed by atoms with Gasteiger partial charge in [-0.1, -0.05) is 19.1 Å². The Balaban J connectivity index is 3.12. The van der Waals surface area contributed by atoms with Crippen LogP contribution in [0.5, 0.6) is 5.75 Å². The van der Waals surface area contributed by atoms with Crippen molar-refractivity contribution in [2.45, 2.75) is 19.4 Å². The number of phenols is 1. The molecule has 72 valence electrons. The smallest absolute Gasteiger partial charge is 0.119 e. The van der Waals surface area contributed by atoms with Gasteiger partial charge in [0.05, 0.1) is 0 Å². The molecule has 1 atom stereocenters. The number of phenolic OH excluding ortho intramolecular Hbond substituents is 1. The van der Waals surface area contributed by atoms with Crippen LogP contribution in [0.2, 0.25) is 0 Å². The van der Waals surface area contributed by atoms with Gasteiger partial charge in [0.15, 0.2) is 0 Å². The van der Waals surface area contributed by atoms with Crippen LogP contribution in [0.4, 0.5) is 0 Å². The SMILES string of the molecule is CCc1c(O)cccc1C(N)CN. The normalized spacial score (nSPS) is 12.8. The average Bonchev–Trinajstić information content (AvgIpc) is 2.16. The van der Waals surface area contributed by atoms with Crippen LogP contribution in [0.25, 0.3) is 0 Å². The van der Waals surface area contributed by atoms with E-state index in [4.69, 9.17) is 11.5 Å².